The predicted octanol–water partition coefficient (Wildman–Crippen LogP) is -1.81. The van der Waals surface area contributed by atoms with E-state index in [4.69, 9.17) is 0 Å². The standard InChI is InChI=1S/C13H14O3.Na/c1-10(14)7-8-12(13(15)16)9-11-5-3-2-4-6-11;/h2-6,9H,7-8H2,1H3,(H,15,16);/q;+1/p-1/b12-9+;. The van der Waals surface area contributed by atoms with Gasteiger partial charge in [0.25, 0.3) is 0 Å². The van der Waals surface area contributed by atoms with Crippen LogP contribution >= 0.6 is 0 Å². The number of carbonyl (C=O) groups excluding carboxylic acids is 2. The second-order valence-corrected chi connectivity index (χ2v) is 3.57. The summed E-state index contributed by atoms with van der Waals surface area (Å²) in [6.45, 7) is 1.44. The third kappa shape index (κ3) is 6.41. The van der Waals surface area contributed by atoms with Gasteiger partial charge in [-0.2, -0.15) is 0 Å². The molecule has 1 aromatic carbocycles. The van der Waals surface area contributed by atoms with Crippen molar-refractivity contribution in [1.82, 2.24) is 0 Å². The van der Waals surface area contributed by atoms with E-state index in [2.05, 4.69) is 0 Å². The number of ketones is 1. The minimum atomic E-state index is -1.22. The largest absolute Gasteiger partial charge is 1.00 e. The molecule has 0 aliphatic rings. The van der Waals surface area contributed by atoms with Crippen molar-refractivity contribution in [2.75, 3.05) is 0 Å². The van der Waals surface area contributed by atoms with E-state index in [1.165, 1.54) is 13.0 Å². The fraction of sp³-hybridized carbons (Fsp3) is 0.231. The third-order valence-electron chi connectivity index (χ3n) is 2.15. The van der Waals surface area contributed by atoms with Gasteiger partial charge in [-0.05, 0) is 30.6 Å². The number of Topliss-reactive ketones (excluding diaryl/α,β-unsaturated/α-hetero) is 1. The Labute approximate surface area is 123 Å². The van der Waals surface area contributed by atoms with Crippen LogP contribution in [0.3, 0.4) is 0 Å². The third-order valence-corrected chi connectivity index (χ3v) is 2.15. The van der Waals surface area contributed by atoms with E-state index in [0.29, 0.717) is 0 Å². The summed E-state index contributed by atoms with van der Waals surface area (Å²) in [5.41, 5.74) is 0.951. The zero-order valence-corrected chi connectivity index (χ0v) is 12.1. The molecule has 0 saturated heterocycles. The van der Waals surface area contributed by atoms with Gasteiger partial charge in [0.15, 0.2) is 0 Å². The van der Waals surface area contributed by atoms with Crippen molar-refractivity contribution in [3.8, 4) is 0 Å². The first-order valence-corrected chi connectivity index (χ1v) is 5.06. The van der Waals surface area contributed by atoms with Gasteiger partial charge in [0.1, 0.15) is 5.78 Å². The van der Waals surface area contributed by atoms with Crippen molar-refractivity contribution in [3.05, 3.63) is 41.5 Å². The molecule has 0 amide bonds. The van der Waals surface area contributed by atoms with Crippen molar-refractivity contribution < 1.29 is 44.3 Å². The first kappa shape index (κ1) is 16.1. The fourth-order valence-corrected chi connectivity index (χ4v) is 1.29. The summed E-state index contributed by atoms with van der Waals surface area (Å²) in [6.07, 6.45) is 1.98. The Morgan fingerprint density at radius 3 is 2.24 bits per heavy atom. The van der Waals surface area contributed by atoms with Crippen LogP contribution in [0.2, 0.25) is 0 Å². The second kappa shape index (κ2) is 8.23. The minimum Gasteiger partial charge on any atom is -0.545 e. The van der Waals surface area contributed by atoms with Crippen molar-refractivity contribution >= 4 is 17.8 Å². The number of carboxylic acids is 1. The number of aliphatic carboxylic acids is 1. The maximum absolute atomic E-state index is 10.8. The van der Waals surface area contributed by atoms with Crippen molar-refractivity contribution in [3.63, 3.8) is 0 Å². The van der Waals surface area contributed by atoms with Crippen LogP contribution in [0.15, 0.2) is 35.9 Å². The Morgan fingerprint density at radius 2 is 1.76 bits per heavy atom. The topological polar surface area (TPSA) is 57.2 Å². The SMILES string of the molecule is CC(=O)CC/C(=C\c1ccccc1)C(=O)[O-].[Na+]. The zero-order valence-electron chi connectivity index (χ0n) is 10.1. The monoisotopic (exact) mass is 240 g/mol. The van der Waals surface area contributed by atoms with E-state index in [1.54, 1.807) is 12.1 Å². The molecule has 3 nitrogen and oxygen atoms in total. The maximum Gasteiger partial charge on any atom is 1.00 e. The molecule has 84 valence electrons. The Balaban J connectivity index is 0.00000256. The van der Waals surface area contributed by atoms with Gasteiger partial charge < -0.3 is 14.7 Å². The van der Waals surface area contributed by atoms with Crippen LogP contribution in [0.25, 0.3) is 6.08 Å². The summed E-state index contributed by atoms with van der Waals surface area (Å²) < 4.78 is 0. The molecule has 0 atom stereocenters. The van der Waals surface area contributed by atoms with Gasteiger partial charge in [-0.3, -0.25) is 0 Å². The fourth-order valence-electron chi connectivity index (χ4n) is 1.29. The average Bonchev–Trinajstić information content (AvgIpc) is 2.25. The van der Waals surface area contributed by atoms with Crippen molar-refractivity contribution in [2.45, 2.75) is 19.8 Å². The van der Waals surface area contributed by atoms with Crippen molar-refractivity contribution in [1.29, 1.82) is 0 Å². The Kier molecular flexibility index (Phi) is 7.79. The summed E-state index contributed by atoms with van der Waals surface area (Å²) in [6, 6.07) is 9.10. The molecule has 0 heterocycles. The van der Waals surface area contributed by atoms with E-state index in [-0.39, 0.29) is 53.8 Å². The Hall–Kier alpha value is -0.900. The summed E-state index contributed by atoms with van der Waals surface area (Å²) >= 11 is 0. The van der Waals surface area contributed by atoms with Gasteiger partial charge in [0.2, 0.25) is 0 Å². The molecule has 0 radical (unpaired) electrons. The molecule has 0 N–H and O–H groups in total. The quantitative estimate of drug-likeness (QED) is 0.450. The molecule has 17 heavy (non-hydrogen) atoms. The summed E-state index contributed by atoms with van der Waals surface area (Å²) in [5.74, 6) is -1.25. The summed E-state index contributed by atoms with van der Waals surface area (Å²) in [7, 11) is 0. The maximum atomic E-state index is 10.8. The number of carboxylic acid groups (broad SMARTS) is 1. The normalized spacial score (nSPS) is 10.5. The van der Waals surface area contributed by atoms with Gasteiger partial charge >= 0.3 is 29.6 Å². The second-order valence-electron chi connectivity index (χ2n) is 3.57. The van der Waals surface area contributed by atoms with E-state index in [1.807, 2.05) is 18.2 Å². The molecular formula is C13H13NaO3. The van der Waals surface area contributed by atoms with Gasteiger partial charge in [-0.15, -0.1) is 0 Å². The molecule has 0 aliphatic carbocycles. The number of hydrogen-bond acceptors (Lipinski definition) is 3. The van der Waals surface area contributed by atoms with Gasteiger partial charge in [-0.1, -0.05) is 30.3 Å². The smallest absolute Gasteiger partial charge is 0.545 e. The molecule has 0 fully saturated rings. The molecule has 1 rings (SSSR count). The van der Waals surface area contributed by atoms with Crippen LogP contribution in [0.4, 0.5) is 0 Å². The molecule has 0 aliphatic heterocycles. The first-order chi connectivity index (χ1) is 7.59. The zero-order chi connectivity index (χ0) is 12.0. The van der Waals surface area contributed by atoms with Crippen LogP contribution in [-0.4, -0.2) is 11.8 Å². The van der Waals surface area contributed by atoms with Crippen LogP contribution in [-0.2, 0) is 9.59 Å². The predicted molar refractivity (Wildman–Crippen MR) is 59.3 cm³/mol. The minimum absolute atomic E-state index is 0. The van der Waals surface area contributed by atoms with Crippen LogP contribution in [0.1, 0.15) is 25.3 Å². The Morgan fingerprint density at radius 1 is 1.18 bits per heavy atom. The summed E-state index contributed by atoms with van der Waals surface area (Å²) in [5, 5.41) is 10.8. The van der Waals surface area contributed by atoms with Gasteiger partial charge in [-0.25, -0.2) is 0 Å². The number of hydrogen-bond donors (Lipinski definition) is 0. The molecule has 4 heteroatoms. The van der Waals surface area contributed by atoms with E-state index in [0.717, 1.165) is 5.56 Å². The molecule has 0 aromatic heterocycles. The van der Waals surface area contributed by atoms with Gasteiger partial charge in [0.05, 0.1) is 5.97 Å². The molecule has 0 unspecified atom stereocenters. The molecular weight excluding hydrogens is 227 g/mol. The van der Waals surface area contributed by atoms with Crippen LogP contribution in [0.5, 0.6) is 0 Å². The average molecular weight is 240 g/mol. The number of rotatable bonds is 5. The van der Waals surface area contributed by atoms with E-state index in [9.17, 15) is 14.7 Å². The number of carbonyl (C=O) groups is 2. The van der Waals surface area contributed by atoms with E-state index >= 15 is 0 Å². The van der Waals surface area contributed by atoms with Gasteiger partial charge in [0, 0.05) is 6.42 Å². The molecule has 0 saturated carbocycles. The first-order valence-electron chi connectivity index (χ1n) is 5.06. The molecule has 0 bridgehead atoms. The van der Waals surface area contributed by atoms with Crippen LogP contribution < -0.4 is 34.7 Å². The Bertz CT molecular complexity index is 410. The number of benzene rings is 1. The van der Waals surface area contributed by atoms with Crippen molar-refractivity contribution in [2.24, 2.45) is 0 Å². The molecule has 0 spiro atoms. The molecule has 1 aromatic rings. The van der Waals surface area contributed by atoms with E-state index < -0.39 is 5.97 Å². The summed E-state index contributed by atoms with van der Waals surface area (Å²) in [4.78, 5) is 21.6. The van der Waals surface area contributed by atoms with Crippen LogP contribution in [0, 0.1) is 0 Å².